The number of likely N-dealkylation sites (tertiary alicyclic amines) is 1. The van der Waals surface area contributed by atoms with Crippen LogP contribution in [0.4, 0.5) is 0 Å². The second-order valence-electron chi connectivity index (χ2n) is 8.08. The number of carbonyl (C=O) groups is 1. The van der Waals surface area contributed by atoms with Crippen LogP contribution in [-0.2, 0) is 0 Å². The van der Waals surface area contributed by atoms with Gasteiger partial charge in [-0.05, 0) is 49.7 Å². The summed E-state index contributed by atoms with van der Waals surface area (Å²) in [6, 6.07) is 4.58. The molecule has 0 aromatic carbocycles. The number of carbonyl (C=O) groups excluding carboxylic acids is 1. The molecule has 0 radical (unpaired) electrons. The molecule has 4 atom stereocenters. The van der Waals surface area contributed by atoms with E-state index < -0.39 is 0 Å². The minimum absolute atomic E-state index is 0.00876. The highest BCUT2D eigenvalue weighted by atomic mass is 16.3. The van der Waals surface area contributed by atoms with Gasteiger partial charge in [-0.25, -0.2) is 4.98 Å². The Hall–Kier alpha value is -1.62. The van der Waals surface area contributed by atoms with Crippen LogP contribution in [-0.4, -0.2) is 57.5 Å². The lowest BCUT2D eigenvalue weighted by Gasteiger charge is -2.55. The molecule has 5 nitrogen and oxygen atoms in total. The van der Waals surface area contributed by atoms with Gasteiger partial charge in [-0.3, -0.25) is 9.69 Å². The van der Waals surface area contributed by atoms with Crippen LogP contribution in [0, 0.1) is 11.8 Å². The number of aromatic nitrogens is 1. The quantitative estimate of drug-likeness (QED) is 0.917. The molecule has 5 heteroatoms. The summed E-state index contributed by atoms with van der Waals surface area (Å²) in [5.41, 5.74) is 0.201. The van der Waals surface area contributed by atoms with Crippen LogP contribution in [0.25, 0.3) is 0 Å². The first-order valence-corrected chi connectivity index (χ1v) is 9.86. The van der Waals surface area contributed by atoms with Gasteiger partial charge < -0.3 is 10.0 Å². The minimum atomic E-state index is -0.109. The van der Waals surface area contributed by atoms with Crippen molar-refractivity contribution in [2.45, 2.75) is 57.5 Å². The van der Waals surface area contributed by atoms with E-state index in [0.29, 0.717) is 17.9 Å². The first kappa shape index (κ1) is 16.8. The van der Waals surface area contributed by atoms with Crippen molar-refractivity contribution in [2.24, 2.45) is 11.8 Å². The predicted octanol–water partition coefficient (Wildman–Crippen LogP) is 2.90. The first-order valence-electron chi connectivity index (χ1n) is 9.86. The average Bonchev–Trinajstić information content (AvgIpc) is 2.62. The van der Waals surface area contributed by atoms with Gasteiger partial charge in [-0.1, -0.05) is 19.8 Å². The number of piperidine rings is 3. The number of amides is 1. The van der Waals surface area contributed by atoms with Gasteiger partial charge >= 0.3 is 0 Å². The predicted molar refractivity (Wildman–Crippen MR) is 96.4 cm³/mol. The lowest BCUT2D eigenvalue weighted by atomic mass is 9.74. The standard InChI is InChI=1S/C20H29N3O2/c1-2-5-16-6-3-7-17-15-10-14(12-23(16)17)11-22(13-15)20(25)19-18(24)8-4-9-21-19/h4,8-9,14-17,24H,2-3,5-7,10-13H2,1H3/t14-,15+,16-,17-/m0/s1. The number of fused-ring (bicyclic) bond motifs is 4. The highest BCUT2D eigenvalue weighted by molar-refractivity contribution is 5.94. The summed E-state index contributed by atoms with van der Waals surface area (Å²) < 4.78 is 0. The van der Waals surface area contributed by atoms with Crippen molar-refractivity contribution in [3.63, 3.8) is 0 Å². The fraction of sp³-hybridized carbons (Fsp3) is 0.700. The molecule has 0 aliphatic carbocycles. The van der Waals surface area contributed by atoms with E-state index in [1.54, 1.807) is 18.3 Å². The Morgan fingerprint density at radius 2 is 2.20 bits per heavy atom. The van der Waals surface area contributed by atoms with Crippen molar-refractivity contribution in [2.75, 3.05) is 19.6 Å². The fourth-order valence-corrected chi connectivity index (χ4v) is 5.43. The van der Waals surface area contributed by atoms with Crippen molar-refractivity contribution in [1.29, 1.82) is 0 Å². The van der Waals surface area contributed by atoms with Crippen LogP contribution in [0.3, 0.4) is 0 Å². The van der Waals surface area contributed by atoms with E-state index >= 15 is 0 Å². The molecular weight excluding hydrogens is 314 g/mol. The molecule has 4 heterocycles. The highest BCUT2D eigenvalue weighted by Gasteiger charge is 2.45. The molecule has 0 unspecified atom stereocenters. The summed E-state index contributed by atoms with van der Waals surface area (Å²) in [6.45, 7) is 5.02. The fourth-order valence-electron chi connectivity index (χ4n) is 5.43. The lowest BCUT2D eigenvalue weighted by Crippen LogP contribution is -2.62. The molecule has 3 aliphatic heterocycles. The topological polar surface area (TPSA) is 56.7 Å². The van der Waals surface area contributed by atoms with E-state index in [0.717, 1.165) is 25.7 Å². The number of pyridine rings is 1. The van der Waals surface area contributed by atoms with Gasteiger partial charge in [0.2, 0.25) is 0 Å². The van der Waals surface area contributed by atoms with Gasteiger partial charge in [0, 0.05) is 37.9 Å². The largest absolute Gasteiger partial charge is 0.505 e. The van der Waals surface area contributed by atoms with E-state index in [1.165, 1.54) is 38.5 Å². The molecule has 1 aromatic rings. The molecule has 25 heavy (non-hydrogen) atoms. The van der Waals surface area contributed by atoms with Crippen molar-refractivity contribution in [3.05, 3.63) is 24.0 Å². The molecule has 1 aromatic heterocycles. The van der Waals surface area contributed by atoms with Crippen molar-refractivity contribution < 1.29 is 9.90 Å². The summed E-state index contributed by atoms with van der Waals surface area (Å²) in [5.74, 6) is 1.01. The van der Waals surface area contributed by atoms with E-state index in [-0.39, 0.29) is 17.4 Å². The van der Waals surface area contributed by atoms with Gasteiger partial charge in [0.15, 0.2) is 5.69 Å². The van der Waals surface area contributed by atoms with E-state index in [2.05, 4.69) is 16.8 Å². The average molecular weight is 343 g/mol. The zero-order valence-corrected chi connectivity index (χ0v) is 15.1. The van der Waals surface area contributed by atoms with Crippen molar-refractivity contribution >= 4 is 5.91 Å². The van der Waals surface area contributed by atoms with Gasteiger partial charge in [-0.15, -0.1) is 0 Å². The Balaban J connectivity index is 1.51. The molecule has 4 rings (SSSR count). The van der Waals surface area contributed by atoms with Gasteiger partial charge in [0.05, 0.1) is 0 Å². The van der Waals surface area contributed by atoms with Crippen molar-refractivity contribution in [1.82, 2.24) is 14.8 Å². The summed E-state index contributed by atoms with van der Waals surface area (Å²) in [6.07, 6.45) is 9.33. The molecule has 0 saturated carbocycles. The number of aromatic hydroxyl groups is 1. The Morgan fingerprint density at radius 1 is 1.32 bits per heavy atom. The molecule has 3 aliphatic rings. The lowest BCUT2D eigenvalue weighted by molar-refractivity contribution is -0.0520. The van der Waals surface area contributed by atoms with Crippen molar-refractivity contribution in [3.8, 4) is 5.75 Å². The Labute approximate surface area is 150 Å². The third-order valence-electron chi connectivity index (χ3n) is 6.41. The smallest absolute Gasteiger partial charge is 0.276 e. The summed E-state index contributed by atoms with van der Waals surface area (Å²) in [4.78, 5) is 21.7. The van der Waals surface area contributed by atoms with E-state index in [4.69, 9.17) is 0 Å². The molecule has 136 valence electrons. The first-order chi connectivity index (χ1) is 12.2. The number of nitrogens with zero attached hydrogens (tertiary/aromatic N) is 3. The number of rotatable bonds is 3. The zero-order chi connectivity index (χ0) is 17.4. The maximum absolute atomic E-state index is 12.9. The number of hydrogen-bond acceptors (Lipinski definition) is 4. The minimum Gasteiger partial charge on any atom is -0.505 e. The zero-order valence-electron chi connectivity index (χ0n) is 15.1. The highest BCUT2D eigenvalue weighted by Crippen LogP contribution is 2.40. The molecule has 1 N–H and O–H groups in total. The van der Waals surface area contributed by atoms with Gasteiger partial charge in [-0.2, -0.15) is 0 Å². The van der Waals surface area contributed by atoms with Crippen LogP contribution in [0.2, 0.25) is 0 Å². The molecule has 3 saturated heterocycles. The Bertz CT molecular complexity index is 633. The van der Waals surface area contributed by atoms with E-state index in [9.17, 15) is 9.90 Å². The van der Waals surface area contributed by atoms with Crippen LogP contribution in [0.5, 0.6) is 5.75 Å². The molecule has 2 bridgehead atoms. The van der Waals surface area contributed by atoms with Crippen LogP contribution in [0.15, 0.2) is 18.3 Å². The maximum atomic E-state index is 12.9. The van der Waals surface area contributed by atoms with Gasteiger partial charge in [0.1, 0.15) is 5.75 Å². The Kier molecular flexibility index (Phi) is 4.67. The summed E-state index contributed by atoms with van der Waals surface area (Å²) >= 11 is 0. The second-order valence-corrected chi connectivity index (χ2v) is 8.08. The third kappa shape index (κ3) is 3.14. The molecule has 0 spiro atoms. The maximum Gasteiger partial charge on any atom is 0.276 e. The number of hydrogen-bond donors (Lipinski definition) is 1. The SMILES string of the molecule is CCC[C@H]1CCC[C@H]2[C@@H]3C[C@@H](CN(C(=O)c4ncccc4O)C3)CN12. The molecule has 1 amide bonds. The van der Waals surface area contributed by atoms with Crippen LogP contribution in [0.1, 0.15) is 55.9 Å². The van der Waals surface area contributed by atoms with Gasteiger partial charge in [0.25, 0.3) is 5.91 Å². The van der Waals surface area contributed by atoms with Crippen LogP contribution >= 0.6 is 0 Å². The Morgan fingerprint density at radius 3 is 3.00 bits per heavy atom. The second kappa shape index (κ2) is 6.94. The van der Waals surface area contributed by atoms with E-state index in [1.807, 2.05) is 4.90 Å². The monoisotopic (exact) mass is 343 g/mol. The third-order valence-corrected chi connectivity index (χ3v) is 6.41. The summed E-state index contributed by atoms with van der Waals surface area (Å²) in [7, 11) is 0. The normalized spacial score (nSPS) is 32.3. The van der Waals surface area contributed by atoms with Crippen LogP contribution < -0.4 is 0 Å². The summed E-state index contributed by atoms with van der Waals surface area (Å²) in [5, 5.41) is 9.98. The molecular formula is C20H29N3O2. The molecule has 3 fully saturated rings.